The molecule has 19 heavy (non-hydrogen) atoms. The Bertz CT molecular complexity index is 398. The van der Waals surface area contributed by atoms with Gasteiger partial charge in [0.2, 0.25) is 5.91 Å². The zero-order chi connectivity index (χ0) is 14.0. The second-order valence-corrected chi connectivity index (χ2v) is 5.14. The molecule has 0 bridgehead atoms. The highest BCUT2D eigenvalue weighted by Crippen LogP contribution is 2.20. The molecule has 3 amide bonds. The number of hydrogen-bond donors (Lipinski definition) is 2. The third kappa shape index (κ3) is 2.97. The van der Waals surface area contributed by atoms with E-state index in [0.29, 0.717) is 25.9 Å². The van der Waals surface area contributed by atoms with Crippen molar-refractivity contribution >= 4 is 17.9 Å². The van der Waals surface area contributed by atoms with Crippen molar-refractivity contribution in [3.05, 3.63) is 0 Å². The fourth-order valence-electron chi connectivity index (χ4n) is 2.71. The van der Waals surface area contributed by atoms with Gasteiger partial charge in [0.1, 0.15) is 6.04 Å². The Morgan fingerprint density at radius 2 is 2.11 bits per heavy atom. The lowest BCUT2D eigenvalue weighted by Gasteiger charge is -2.25. The number of aliphatic carboxylic acids is 1. The van der Waals surface area contributed by atoms with E-state index in [0.717, 1.165) is 6.42 Å². The first kappa shape index (κ1) is 13.6. The minimum atomic E-state index is -0.902. The number of carbonyl (C=O) groups is 3. The number of urea groups is 1. The minimum Gasteiger partial charge on any atom is -0.481 e. The number of hydrogen-bond acceptors (Lipinski definition) is 3. The number of likely N-dealkylation sites (N-methyl/N-ethyl adjacent to an activating group) is 1. The second-order valence-electron chi connectivity index (χ2n) is 5.14. The SMILES string of the molecule is CN1CCC(NC(=O)N2CCCC2CC(=O)O)C1=O. The van der Waals surface area contributed by atoms with E-state index in [9.17, 15) is 14.4 Å². The second kappa shape index (κ2) is 5.46. The summed E-state index contributed by atoms with van der Waals surface area (Å²) in [5.41, 5.74) is 0. The summed E-state index contributed by atoms with van der Waals surface area (Å²) < 4.78 is 0. The van der Waals surface area contributed by atoms with Gasteiger partial charge in [0, 0.05) is 26.2 Å². The molecule has 0 aliphatic carbocycles. The van der Waals surface area contributed by atoms with E-state index < -0.39 is 12.0 Å². The maximum atomic E-state index is 12.1. The summed E-state index contributed by atoms with van der Waals surface area (Å²) in [5.74, 6) is -0.983. The molecule has 0 aromatic rings. The van der Waals surface area contributed by atoms with E-state index in [-0.39, 0.29) is 24.4 Å². The Kier molecular flexibility index (Phi) is 3.92. The standard InChI is InChI=1S/C12H19N3O4/c1-14-6-4-9(11(14)18)13-12(19)15-5-2-3-8(15)7-10(16)17/h8-9H,2-7H2,1H3,(H,13,19)(H,16,17). The van der Waals surface area contributed by atoms with E-state index in [1.165, 1.54) is 0 Å². The molecule has 2 atom stereocenters. The van der Waals surface area contributed by atoms with Crippen LogP contribution in [0.1, 0.15) is 25.7 Å². The molecule has 2 N–H and O–H groups in total. The van der Waals surface area contributed by atoms with Crippen molar-refractivity contribution in [3.63, 3.8) is 0 Å². The molecule has 0 spiro atoms. The van der Waals surface area contributed by atoms with Gasteiger partial charge in [0.15, 0.2) is 0 Å². The number of carboxylic acids is 1. The Hall–Kier alpha value is -1.79. The highest BCUT2D eigenvalue weighted by Gasteiger charge is 2.35. The Balaban J connectivity index is 1.92. The molecule has 0 radical (unpaired) electrons. The lowest BCUT2D eigenvalue weighted by molar-refractivity contribution is -0.138. The first-order valence-corrected chi connectivity index (χ1v) is 6.53. The molecule has 2 heterocycles. The number of rotatable bonds is 3. The molecule has 2 rings (SSSR count). The molecule has 0 aromatic heterocycles. The molecular formula is C12H19N3O4. The van der Waals surface area contributed by atoms with Crippen LogP contribution in [0.25, 0.3) is 0 Å². The minimum absolute atomic E-state index is 0.0358. The van der Waals surface area contributed by atoms with E-state index in [1.807, 2.05) is 0 Å². The van der Waals surface area contributed by atoms with Gasteiger partial charge < -0.3 is 20.2 Å². The van der Waals surface area contributed by atoms with Crippen LogP contribution in [0.2, 0.25) is 0 Å². The molecule has 0 aromatic carbocycles. The predicted octanol–water partition coefficient (Wildman–Crippen LogP) is -0.134. The van der Waals surface area contributed by atoms with Crippen molar-refractivity contribution in [2.24, 2.45) is 0 Å². The van der Waals surface area contributed by atoms with Gasteiger partial charge in [-0.2, -0.15) is 0 Å². The smallest absolute Gasteiger partial charge is 0.318 e. The molecule has 2 saturated heterocycles. The summed E-state index contributed by atoms with van der Waals surface area (Å²) in [6.07, 6.45) is 2.09. The molecule has 0 saturated carbocycles. The van der Waals surface area contributed by atoms with Crippen molar-refractivity contribution in [1.82, 2.24) is 15.1 Å². The molecule has 2 aliphatic heterocycles. The summed E-state index contributed by atoms with van der Waals surface area (Å²) >= 11 is 0. The van der Waals surface area contributed by atoms with Gasteiger partial charge in [0.05, 0.1) is 6.42 Å². The van der Waals surface area contributed by atoms with Gasteiger partial charge in [-0.15, -0.1) is 0 Å². The quantitative estimate of drug-likeness (QED) is 0.746. The maximum absolute atomic E-state index is 12.1. The highest BCUT2D eigenvalue weighted by molar-refractivity contribution is 5.88. The monoisotopic (exact) mass is 269 g/mol. The number of nitrogens with zero attached hydrogens (tertiary/aromatic N) is 2. The number of likely N-dealkylation sites (tertiary alicyclic amines) is 2. The van der Waals surface area contributed by atoms with Gasteiger partial charge in [-0.25, -0.2) is 4.79 Å². The first-order chi connectivity index (χ1) is 8.99. The van der Waals surface area contributed by atoms with Crippen LogP contribution in [0, 0.1) is 0 Å². The van der Waals surface area contributed by atoms with E-state index in [1.54, 1.807) is 16.8 Å². The topological polar surface area (TPSA) is 90.0 Å². The number of nitrogens with one attached hydrogen (secondary N) is 1. The Morgan fingerprint density at radius 1 is 1.37 bits per heavy atom. The van der Waals surface area contributed by atoms with Gasteiger partial charge in [0.25, 0.3) is 0 Å². The third-order valence-electron chi connectivity index (χ3n) is 3.77. The molecular weight excluding hydrogens is 250 g/mol. The number of amides is 3. The van der Waals surface area contributed by atoms with Gasteiger partial charge in [-0.1, -0.05) is 0 Å². The van der Waals surface area contributed by atoms with Crippen molar-refractivity contribution in [2.75, 3.05) is 20.1 Å². The van der Waals surface area contributed by atoms with Crippen LogP contribution in [-0.4, -0.2) is 65.0 Å². The summed E-state index contributed by atoms with van der Waals surface area (Å²) in [4.78, 5) is 37.7. The van der Waals surface area contributed by atoms with Crippen LogP contribution < -0.4 is 5.32 Å². The highest BCUT2D eigenvalue weighted by atomic mass is 16.4. The Morgan fingerprint density at radius 3 is 2.68 bits per heavy atom. The van der Waals surface area contributed by atoms with Crippen molar-refractivity contribution < 1.29 is 19.5 Å². The molecule has 7 heteroatoms. The average molecular weight is 269 g/mol. The summed E-state index contributed by atoms with van der Waals surface area (Å²) in [5, 5.41) is 11.5. The first-order valence-electron chi connectivity index (χ1n) is 6.53. The van der Waals surface area contributed by atoms with Gasteiger partial charge >= 0.3 is 12.0 Å². The third-order valence-corrected chi connectivity index (χ3v) is 3.77. The number of carboxylic acid groups (broad SMARTS) is 1. The fraction of sp³-hybridized carbons (Fsp3) is 0.750. The van der Waals surface area contributed by atoms with Crippen molar-refractivity contribution in [2.45, 2.75) is 37.8 Å². The lowest BCUT2D eigenvalue weighted by atomic mass is 10.1. The molecule has 2 fully saturated rings. The molecule has 106 valence electrons. The zero-order valence-electron chi connectivity index (χ0n) is 11.0. The summed E-state index contributed by atoms with van der Waals surface area (Å²) in [6, 6.07) is -1.05. The van der Waals surface area contributed by atoms with Crippen molar-refractivity contribution in [3.8, 4) is 0 Å². The van der Waals surface area contributed by atoms with Crippen LogP contribution in [-0.2, 0) is 9.59 Å². The van der Waals surface area contributed by atoms with Crippen LogP contribution in [0.4, 0.5) is 4.79 Å². The van der Waals surface area contributed by atoms with Crippen LogP contribution >= 0.6 is 0 Å². The van der Waals surface area contributed by atoms with Crippen LogP contribution in [0.5, 0.6) is 0 Å². The van der Waals surface area contributed by atoms with Gasteiger partial charge in [-0.3, -0.25) is 9.59 Å². The molecule has 2 unspecified atom stereocenters. The maximum Gasteiger partial charge on any atom is 0.318 e. The number of carbonyl (C=O) groups excluding carboxylic acids is 2. The predicted molar refractivity (Wildman–Crippen MR) is 66.6 cm³/mol. The summed E-state index contributed by atoms with van der Waals surface area (Å²) in [6.45, 7) is 1.20. The van der Waals surface area contributed by atoms with Crippen molar-refractivity contribution in [1.29, 1.82) is 0 Å². The lowest BCUT2D eigenvalue weighted by Crippen LogP contribution is -2.49. The normalized spacial score (nSPS) is 26.9. The van der Waals surface area contributed by atoms with E-state index >= 15 is 0 Å². The zero-order valence-corrected chi connectivity index (χ0v) is 11.0. The fourth-order valence-corrected chi connectivity index (χ4v) is 2.71. The average Bonchev–Trinajstić information content (AvgIpc) is 2.90. The molecule has 2 aliphatic rings. The van der Waals surface area contributed by atoms with Crippen LogP contribution in [0.15, 0.2) is 0 Å². The van der Waals surface area contributed by atoms with E-state index in [2.05, 4.69) is 5.32 Å². The van der Waals surface area contributed by atoms with Crippen LogP contribution in [0.3, 0.4) is 0 Å². The van der Waals surface area contributed by atoms with E-state index in [4.69, 9.17) is 5.11 Å². The van der Waals surface area contributed by atoms with Gasteiger partial charge in [-0.05, 0) is 19.3 Å². The Labute approximate surface area is 111 Å². The summed E-state index contributed by atoms with van der Waals surface area (Å²) in [7, 11) is 1.71. The molecule has 7 nitrogen and oxygen atoms in total. The largest absolute Gasteiger partial charge is 0.481 e.